The molecule has 1 atom stereocenters. The van der Waals surface area contributed by atoms with Crippen LogP contribution >= 0.6 is 10.9 Å². The maximum absolute atomic E-state index is 4.89. The second-order valence-electron chi connectivity index (χ2n) is 13.2. The lowest BCUT2D eigenvalue weighted by Gasteiger charge is -2.22. The van der Waals surface area contributed by atoms with Gasteiger partial charge in [0, 0.05) is 48.9 Å². The number of rotatable bonds is 4. The molecule has 0 saturated carbocycles. The molecule has 0 amide bonds. The van der Waals surface area contributed by atoms with E-state index in [-0.39, 0.29) is 0 Å². The Bertz CT molecular complexity index is 2920. The molecule has 1 unspecified atom stereocenters. The van der Waals surface area contributed by atoms with Crippen molar-refractivity contribution in [1.82, 2.24) is 14.1 Å². The second kappa shape index (κ2) is 11.1. The Morgan fingerprint density at radius 3 is 1.90 bits per heavy atom. The minimum atomic E-state index is -0.842. The highest BCUT2D eigenvalue weighted by Crippen LogP contribution is 2.65. The zero-order chi connectivity index (χ0) is 33.5. The normalized spacial score (nSPS) is 14.4. The van der Waals surface area contributed by atoms with Crippen LogP contribution in [0.4, 0.5) is 0 Å². The third kappa shape index (κ3) is 4.17. The summed E-state index contributed by atoms with van der Waals surface area (Å²) in [6.07, 6.45) is 1.90. The van der Waals surface area contributed by atoms with Crippen molar-refractivity contribution >= 4 is 54.6 Å². The molecule has 0 spiro atoms. The van der Waals surface area contributed by atoms with Crippen LogP contribution in [0.5, 0.6) is 0 Å². The average molecular weight is 670 g/mol. The van der Waals surface area contributed by atoms with Gasteiger partial charge in [-0.3, -0.25) is 4.57 Å². The molecule has 0 radical (unpaired) electrons. The van der Waals surface area contributed by atoms with E-state index in [1.165, 1.54) is 80.7 Å². The molecule has 4 heterocycles. The van der Waals surface area contributed by atoms with Crippen LogP contribution in [0.2, 0.25) is 0 Å². The third-order valence-electron chi connectivity index (χ3n) is 10.5. The van der Waals surface area contributed by atoms with Gasteiger partial charge in [-0.05, 0) is 99.9 Å². The molecule has 0 fully saturated rings. The largest absolute Gasteiger partial charge is 0.309 e. The molecule has 7 aromatic carbocycles. The van der Waals surface area contributed by atoms with Gasteiger partial charge in [-0.25, -0.2) is 4.98 Å². The van der Waals surface area contributed by atoms with Gasteiger partial charge in [0.2, 0.25) is 0 Å². The van der Waals surface area contributed by atoms with E-state index in [0.717, 1.165) is 11.3 Å². The lowest BCUT2D eigenvalue weighted by Crippen LogP contribution is -1.96. The third-order valence-corrected chi connectivity index (χ3v) is 13.1. The molecule has 240 valence electrons. The van der Waals surface area contributed by atoms with E-state index in [2.05, 4.69) is 179 Å². The zero-order valence-electron chi connectivity index (χ0n) is 27.6. The van der Waals surface area contributed by atoms with Gasteiger partial charge in [0.15, 0.2) is 0 Å². The summed E-state index contributed by atoms with van der Waals surface area (Å²) in [5, 5.41) is 4.93. The van der Waals surface area contributed by atoms with E-state index in [9.17, 15) is 0 Å². The highest BCUT2D eigenvalue weighted by atomic mass is 32.2. The summed E-state index contributed by atoms with van der Waals surface area (Å²) >= 11 is 0. The molecular weight excluding hydrogens is 639 g/mol. The first-order valence-electron chi connectivity index (χ1n) is 17.4. The average Bonchev–Trinajstić information content (AvgIpc) is 3.84. The van der Waals surface area contributed by atoms with Crippen molar-refractivity contribution in [3.63, 3.8) is 0 Å². The fourth-order valence-electron chi connectivity index (χ4n) is 8.33. The van der Waals surface area contributed by atoms with E-state index in [4.69, 9.17) is 4.98 Å². The molecule has 0 bridgehead atoms. The fraction of sp³-hybridized carbons (Fsp3) is 0. The fourth-order valence-corrected chi connectivity index (χ4v) is 11.2. The topological polar surface area (TPSA) is 22.8 Å². The maximum atomic E-state index is 4.89. The molecule has 3 nitrogen and oxygen atoms in total. The summed E-state index contributed by atoms with van der Waals surface area (Å²) in [4.78, 5) is 9.07. The molecule has 4 heteroatoms. The number of hydrogen-bond donors (Lipinski definition) is 1. The maximum Gasteiger partial charge on any atom is 0.145 e. The van der Waals surface area contributed by atoms with Crippen molar-refractivity contribution in [3.05, 3.63) is 182 Å². The van der Waals surface area contributed by atoms with Crippen molar-refractivity contribution in [2.75, 3.05) is 0 Å². The monoisotopic (exact) mass is 669 g/mol. The van der Waals surface area contributed by atoms with Gasteiger partial charge in [0.1, 0.15) is 5.65 Å². The quantitative estimate of drug-likeness (QED) is 0.185. The van der Waals surface area contributed by atoms with Crippen molar-refractivity contribution in [2.45, 2.75) is 14.7 Å². The van der Waals surface area contributed by atoms with Crippen LogP contribution in [0.1, 0.15) is 0 Å². The highest BCUT2D eigenvalue weighted by molar-refractivity contribution is 8.17. The van der Waals surface area contributed by atoms with Crippen LogP contribution in [0.3, 0.4) is 0 Å². The van der Waals surface area contributed by atoms with E-state index in [1.54, 1.807) is 0 Å². The number of aromatic nitrogens is 3. The summed E-state index contributed by atoms with van der Waals surface area (Å²) in [5.41, 5.74) is 12.1. The van der Waals surface area contributed by atoms with Gasteiger partial charge in [-0.15, -0.1) is 0 Å². The number of nitrogens with zero attached hydrogens (tertiary/aromatic N) is 3. The Labute approximate surface area is 298 Å². The molecule has 0 saturated heterocycles. The SMILES string of the molecule is c1ccc(-n2c3ccccc3c3cc(-c4cccc5c4[SH](c4ccccc4)c4cc(-n6c7ccccc7c7cccnc76)ccc4-5)ccc32)cc1. The minimum absolute atomic E-state index is 0.842. The Morgan fingerprint density at radius 1 is 0.412 bits per heavy atom. The van der Waals surface area contributed by atoms with Crippen LogP contribution in [-0.2, 0) is 0 Å². The molecule has 0 aliphatic carbocycles. The van der Waals surface area contributed by atoms with Gasteiger partial charge in [0.25, 0.3) is 0 Å². The number of fused-ring (bicyclic) bond motifs is 9. The van der Waals surface area contributed by atoms with Crippen LogP contribution in [0.15, 0.2) is 197 Å². The molecule has 0 N–H and O–H groups in total. The van der Waals surface area contributed by atoms with E-state index < -0.39 is 10.9 Å². The summed E-state index contributed by atoms with van der Waals surface area (Å²) in [6, 6.07) is 64.5. The number of para-hydroxylation sites is 3. The summed E-state index contributed by atoms with van der Waals surface area (Å²) in [6.45, 7) is 0. The number of benzene rings is 7. The first-order valence-corrected chi connectivity index (χ1v) is 18.7. The van der Waals surface area contributed by atoms with Crippen molar-refractivity contribution in [3.8, 4) is 33.6 Å². The Hall–Kier alpha value is -6.36. The Balaban J connectivity index is 1.14. The molecule has 10 aromatic rings. The van der Waals surface area contributed by atoms with Crippen LogP contribution in [-0.4, -0.2) is 14.1 Å². The predicted molar refractivity (Wildman–Crippen MR) is 214 cm³/mol. The van der Waals surface area contributed by atoms with Gasteiger partial charge in [-0.2, -0.15) is 10.9 Å². The summed E-state index contributed by atoms with van der Waals surface area (Å²) in [7, 11) is -0.842. The van der Waals surface area contributed by atoms with Crippen molar-refractivity contribution in [1.29, 1.82) is 0 Å². The lowest BCUT2D eigenvalue weighted by atomic mass is 9.97. The van der Waals surface area contributed by atoms with Gasteiger partial charge < -0.3 is 4.57 Å². The van der Waals surface area contributed by atoms with Crippen LogP contribution in [0, 0.1) is 0 Å². The number of pyridine rings is 1. The molecule has 1 aliphatic rings. The molecule has 51 heavy (non-hydrogen) atoms. The Morgan fingerprint density at radius 2 is 1.08 bits per heavy atom. The molecule has 1 aliphatic heterocycles. The smallest absolute Gasteiger partial charge is 0.145 e. The lowest BCUT2D eigenvalue weighted by molar-refractivity contribution is 1.12. The van der Waals surface area contributed by atoms with Crippen molar-refractivity contribution in [2.24, 2.45) is 0 Å². The van der Waals surface area contributed by atoms with Crippen LogP contribution in [0.25, 0.3) is 77.4 Å². The van der Waals surface area contributed by atoms with Gasteiger partial charge in [-0.1, -0.05) is 103 Å². The molecule has 3 aromatic heterocycles. The highest BCUT2D eigenvalue weighted by Gasteiger charge is 2.31. The van der Waals surface area contributed by atoms with Crippen molar-refractivity contribution < 1.29 is 0 Å². The summed E-state index contributed by atoms with van der Waals surface area (Å²) in [5.74, 6) is 0. The molecular formula is C47H31N3S. The predicted octanol–water partition coefficient (Wildman–Crippen LogP) is 12.4. The van der Waals surface area contributed by atoms with Gasteiger partial charge >= 0.3 is 0 Å². The first kappa shape index (κ1) is 28.5. The second-order valence-corrected chi connectivity index (χ2v) is 15.3. The van der Waals surface area contributed by atoms with E-state index in [1.807, 2.05) is 12.3 Å². The zero-order valence-corrected chi connectivity index (χ0v) is 28.5. The summed E-state index contributed by atoms with van der Waals surface area (Å²) < 4.78 is 4.73. The van der Waals surface area contributed by atoms with E-state index in [0.29, 0.717) is 0 Å². The number of hydrogen-bond acceptors (Lipinski definition) is 1. The first-order chi connectivity index (χ1) is 25.3. The Kier molecular flexibility index (Phi) is 6.18. The van der Waals surface area contributed by atoms with Crippen LogP contribution < -0.4 is 0 Å². The van der Waals surface area contributed by atoms with E-state index >= 15 is 0 Å². The van der Waals surface area contributed by atoms with Gasteiger partial charge in [0.05, 0.1) is 16.6 Å². The number of thiol groups is 1. The standard InChI is InChI=1S/C47H31N3S/c1-3-13-32(14-4-1)49-42-22-9-8-18-37(42)41-29-31(24-27-44(41)49)35-19-11-20-39-38-26-25-33(30-45(38)51(46(35)39)34-15-5-2-6-16-34)50-43-23-10-7-17-36(43)40-21-12-28-48-47(40)50/h1-30,51H. The molecule has 11 rings (SSSR count). The minimum Gasteiger partial charge on any atom is -0.309 e.